The van der Waals surface area contributed by atoms with Gasteiger partial charge < -0.3 is 14.8 Å². The molecule has 0 aliphatic rings. The number of hydrogen-bond donors (Lipinski definition) is 1. The summed E-state index contributed by atoms with van der Waals surface area (Å²) in [5, 5.41) is 3.00. The number of benzene rings is 2. The molecule has 0 amide bonds. The Morgan fingerprint density at radius 2 is 2.05 bits per heavy atom. The number of nitrogens with one attached hydrogen (secondary N) is 1. The second-order valence-corrected chi connectivity index (χ2v) is 5.37. The van der Waals surface area contributed by atoms with Crippen LogP contribution in [0.5, 0.6) is 11.5 Å². The molecule has 1 N–H and O–H groups in total. The summed E-state index contributed by atoms with van der Waals surface area (Å²) in [5.74, 6) is 0.689. The van der Waals surface area contributed by atoms with Crippen LogP contribution in [0, 0.1) is 5.82 Å². The van der Waals surface area contributed by atoms with Crippen LogP contribution < -0.4 is 14.8 Å². The standard InChI is InChI=1S/C16H17BrFNO2/c1-19-9-12-4-3-5-14(18)16(12)21-10-11-6-7-15(20-2)13(17)8-11/h3-8,19H,9-10H2,1-2H3. The lowest BCUT2D eigenvalue weighted by atomic mass is 10.2. The van der Waals surface area contributed by atoms with Gasteiger partial charge in [0.1, 0.15) is 12.4 Å². The van der Waals surface area contributed by atoms with Crippen molar-refractivity contribution in [2.75, 3.05) is 14.2 Å². The molecule has 0 heterocycles. The minimum atomic E-state index is -0.352. The fourth-order valence-electron chi connectivity index (χ4n) is 2.00. The maximum Gasteiger partial charge on any atom is 0.165 e. The van der Waals surface area contributed by atoms with Gasteiger partial charge in [0.25, 0.3) is 0 Å². The summed E-state index contributed by atoms with van der Waals surface area (Å²) in [7, 11) is 3.43. The number of halogens is 2. The van der Waals surface area contributed by atoms with Crippen LogP contribution in [0.2, 0.25) is 0 Å². The molecule has 0 saturated carbocycles. The lowest BCUT2D eigenvalue weighted by Crippen LogP contribution is -2.08. The van der Waals surface area contributed by atoms with E-state index in [0.717, 1.165) is 21.3 Å². The third kappa shape index (κ3) is 3.95. The topological polar surface area (TPSA) is 30.5 Å². The highest BCUT2D eigenvalue weighted by molar-refractivity contribution is 9.10. The van der Waals surface area contributed by atoms with Gasteiger partial charge in [0.2, 0.25) is 0 Å². The Kier molecular flexibility index (Phi) is 5.59. The fourth-order valence-corrected chi connectivity index (χ4v) is 2.59. The van der Waals surface area contributed by atoms with E-state index in [9.17, 15) is 4.39 Å². The number of para-hydroxylation sites is 1. The predicted molar refractivity (Wildman–Crippen MR) is 84.2 cm³/mol. The summed E-state index contributed by atoms with van der Waals surface area (Å²) in [6, 6.07) is 10.6. The van der Waals surface area contributed by atoms with Crippen molar-refractivity contribution in [3.8, 4) is 11.5 Å². The highest BCUT2D eigenvalue weighted by atomic mass is 79.9. The van der Waals surface area contributed by atoms with Crippen LogP contribution in [0.25, 0.3) is 0 Å². The molecule has 0 spiro atoms. The zero-order chi connectivity index (χ0) is 15.2. The molecule has 0 aliphatic heterocycles. The Hall–Kier alpha value is -1.59. The van der Waals surface area contributed by atoms with Gasteiger partial charge in [-0.05, 0) is 46.7 Å². The molecule has 0 radical (unpaired) electrons. The quantitative estimate of drug-likeness (QED) is 0.854. The van der Waals surface area contributed by atoms with Crippen molar-refractivity contribution in [2.45, 2.75) is 13.2 Å². The van der Waals surface area contributed by atoms with E-state index >= 15 is 0 Å². The van der Waals surface area contributed by atoms with Gasteiger partial charge in [0, 0.05) is 12.1 Å². The summed E-state index contributed by atoms with van der Waals surface area (Å²) in [4.78, 5) is 0. The van der Waals surface area contributed by atoms with Crippen LogP contribution >= 0.6 is 15.9 Å². The first-order valence-electron chi connectivity index (χ1n) is 6.53. The summed E-state index contributed by atoms with van der Waals surface area (Å²) >= 11 is 3.42. The minimum Gasteiger partial charge on any atom is -0.496 e. The van der Waals surface area contributed by atoms with Crippen LogP contribution in [0.15, 0.2) is 40.9 Å². The lowest BCUT2D eigenvalue weighted by molar-refractivity contribution is 0.286. The van der Waals surface area contributed by atoms with Crippen molar-refractivity contribution < 1.29 is 13.9 Å². The van der Waals surface area contributed by atoms with E-state index in [0.29, 0.717) is 18.9 Å². The highest BCUT2D eigenvalue weighted by Crippen LogP contribution is 2.27. The first-order valence-corrected chi connectivity index (χ1v) is 7.32. The van der Waals surface area contributed by atoms with E-state index in [1.54, 1.807) is 13.2 Å². The monoisotopic (exact) mass is 353 g/mol. The molecule has 21 heavy (non-hydrogen) atoms. The molecule has 3 nitrogen and oxygen atoms in total. The molecule has 2 rings (SSSR count). The average molecular weight is 354 g/mol. The first-order chi connectivity index (χ1) is 10.2. The summed E-state index contributed by atoms with van der Waals surface area (Å²) in [5.41, 5.74) is 1.73. The van der Waals surface area contributed by atoms with E-state index in [4.69, 9.17) is 9.47 Å². The number of methoxy groups -OCH3 is 1. The molecule has 2 aromatic carbocycles. The van der Waals surface area contributed by atoms with Crippen molar-refractivity contribution in [1.82, 2.24) is 5.32 Å². The van der Waals surface area contributed by atoms with Gasteiger partial charge >= 0.3 is 0 Å². The third-order valence-corrected chi connectivity index (χ3v) is 3.63. The SMILES string of the molecule is CNCc1cccc(F)c1OCc1ccc(OC)c(Br)c1. The van der Waals surface area contributed by atoms with Gasteiger partial charge in [-0.15, -0.1) is 0 Å². The number of rotatable bonds is 6. The van der Waals surface area contributed by atoms with E-state index < -0.39 is 0 Å². The van der Waals surface area contributed by atoms with Gasteiger partial charge in [-0.1, -0.05) is 18.2 Å². The van der Waals surface area contributed by atoms with E-state index in [1.807, 2.05) is 31.3 Å². The smallest absolute Gasteiger partial charge is 0.165 e. The number of ether oxygens (including phenoxy) is 2. The van der Waals surface area contributed by atoms with E-state index in [-0.39, 0.29) is 5.82 Å². The summed E-state index contributed by atoms with van der Waals surface area (Å²) < 4.78 is 25.6. The summed E-state index contributed by atoms with van der Waals surface area (Å²) in [6.07, 6.45) is 0. The second kappa shape index (κ2) is 7.43. The van der Waals surface area contributed by atoms with E-state index in [2.05, 4.69) is 21.2 Å². The molecule has 0 aromatic heterocycles. The summed E-state index contributed by atoms with van der Waals surface area (Å²) in [6.45, 7) is 0.847. The predicted octanol–water partition coefficient (Wildman–Crippen LogP) is 3.90. The van der Waals surface area contributed by atoms with Gasteiger partial charge in [-0.3, -0.25) is 0 Å². The average Bonchev–Trinajstić information content (AvgIpc) is 2.47. The third-order valence-electron chi connectivity index (χ3n) is 3.02. The van der Waals surface area contributed by atoms with Crippen LogP contribution in [0.4, 0.5) is 4.39 Å². The van der Waals surface area contributed by atoms with Gasteiger partial charge in [0.05, 0.1) is 11.6 Å². The van der Waals surface area contributed by atoms with Gasteiger partial charge in [-0.25, -0.2) is 4.39 Å². The van der Waals surface area contributed by atoms with Gasteiger partial charge in [-0.2, -0.15) is 0 Å². The van der Waals surface area contributed by atoms with Crippen molar-refractivity contribution in [3.05, 3.63) is 57.8 Å². The second-order valence-electron chi connectivity index (χ2n) is 4.52. The van der Waals surface area contributed by atoms with Crippen LogP contribution in [0.3, 0.4) is 0 Å². The molecule has 2 aromatic rings. The maximum absolute atomic E-state index is 13.9. The first kappa shape index (κ1) is 15.8. The normalized spacial score (nSPS) is 10.5. The van der Waals surface area contributed by atoms with Crippen LogP contribution in [0.1, 0.15) is 11.1 Å². The van der Waals surface area contributed by atoms with E-state index in [1.165, 1.54) is 6.07 Å². The molecule has 5 heteroatoms. The molecule has 0 saturated heterocycles. The number of hydrogen-bond acceptors (Lipinski definition) is 3. The van der Waals surface area contributed by atoms with Crippen molar-refractivity contribution >= 4 is 15.9 Å². The molecule has 0 fully saturated rings. The molecule has 0 atom stereocenters. The molecular formula is C16H17BrFNO2. The fraction of sp³-hybridized carbons (Fsp3) is 0.250. The Morgan fingerprint density at radius 3 is 2.71 bits per heavy atom. The Morgan fingerprint density at radius 1 is 1.24 bits per heavy atom. The minimum absolute atomic E-state index is 0.291. The largest absolute Gasteiger partial charge is 0.496 e. The molecule has 0 unspecified atom stereocenters. The molecule has 112 valence electrons. The molecule has 0 aliphatic carbocycles. The molecular weight excluding hydrogens is 337 g/mol. The highest BCUT2D eigenvalue weighted by Gasteiger charge is 2.10. The zero-order valence-corrected chi connectivity index (χ0v) is 13.5. The zero-order valence-electron chi connectivity index (χ0n) is 12.0. The maximum atomic E-state index is 13.9. The Bertz CT molecular complexity index is 619. The Balaban J connectivity index is 2.14. The van der Waals surface area contributed by atoms with Crippen molar-refractivity contribution in [1.29, 1.82) is 0 Å². The van der Waals surface area contributed by atoms with Crippen LogP contribution in [-0.2, 0) is 13.2 Å². The van der Waals surface area contributed by atoms with Crippen LogP contribution in [-0.4, -0.2) is 14.2 Å². The van der Waals surface area contributed by atoms with Gasteiger partial charge in [0.15, 0.2) is 11.6 Å². The van der Waals surface area contributed by atoms with Crippen molar-refractivity contribution in [3.63, 3.8) is 0 Å². The lowest BCUT2D eigenvalue weighted by Gasteiger charge is -2.13. The molecule has 0 bridgehead atoms. The van der Waals surface area contributed by atoms with Crippen molar-refractivity contribution in [2.24, 2.45) is 0 Å². The Labute approximate surface area is 132 Å².